The van der Waals surface area contributed by atoms with Gasteiger partial charge in [-0.1, -0.05) is 36.4 Å². The molecule has 0 aromatic heterocycles. The molecular weight excluding hydrogens is 469 g/mol. The number of rotatable bonds is 6. The number of carbonyl (C=O) groups excluding carboxylic acids is 2. The lowest BCUT2D eigenvalue weighted by molar-refractivity contribution is -0.111. The predicted molar refractivity (Wildman–Crippen MR) is 129 cm³/mol. The fraction of sp³-hybridized carbons (Fsp3) is 0.250. The van der Waals surface area contributed by atoms with Crippen LogP contribution in [-0.2, 0) is 27.7 Å². The molecule has 1 atom stereocenters. The molecule has 2 aromatic rings. The number of benzene rings is 2. The Morgan fingerprint density at radius 2 is 1.23 bits per heavy atom. The molecule has 170 valence electrons. The van der Waals surface area contributed by atoms with Crippen LogP contribution in [0.2, 0.25) is 0 Å². The average molecular weight is 498 g/mol. The molecule has 0 fully saturated rings. The van der Waals surface area contributed by atoms with E-state index in [1.165, 1.54) is 21.0 Å². The highest BCUT2D eigenvalue weighted by molar-refractivity contribution is 7.82. The summed E-state index contributed by atoms with van der Waals surface area (Å²) in [5.74, 6) is 0. The Morgan fingerprint density at radius 1 is 0.867 bits per heavy atom. The summed E-state index contributed by atoms with van der Waals surface area (Å²) in [4.78, 5) is 20.3. The lowest BCUT2D eigenvalue weighted by atomic mass is 10.4. The van der Waals surface area contributed by atoms with Crippen molar-refractivity contribution in [3.05, 3.63) is 68.1 Å². The van der Waals surface area contributed by atoms with Gasteiger partial charge in [-0.3, -0.25) is 14.2 Å². The molecule has 0 heterocycles. The molecule has 0 saturated carbocycles. The minimum Gasteiger partial charge on any atom is -0.358 e. The van der Waals surface area contributed by atoms with Crippen LogP contribution >= 0.6 is 39.8 Å². The van der Waals surface area contributed by atoms with E-state index < -0.39 is 21.3 Å². The van der Waals surface area contributed by atoms with Crippen LogP contribution in [0, 0.1) is 7.43 Å². The van der Waals surface area contributed by atoms with Crippen LogP contribution in [0.4, 0.5) is 0 Å². The Labute approximate surface area is 192 Å². The highest BCUT2D eigenvalue weighted by atomic mass is 35.5. The topological polar surface area (TPSA) is 78.9 Å². The third-order valence-electron chi connectivity index (χ3n) is 3.07. The highest BCUT2D eigenvalue weighted by Gasteiger charge is 2.29. The van der Waals surface area contributed by atoms with Crippen molar-refractivity contribution >= 4 is 61.1 Å². The van der Waals surface area contributed by atoms with Crippen molar-refractivity contribution in [1.82, 2.24) is 0 Å². The normalized spacial score (nSPS) is 11.2. The van der Waals surface area contributed by atoms with E-state index in [2.05, 4.69) is 11.6 Å². The van der Waals surface area contributed by atoms with E-state index in [1.807, 2.05) is 30.3 Å². The van der Waals surface area contributed by atoms with Gasteiger partial charge in [0.1, 0.15) is 0 Å². The van der Waals surface area contributed by atoms with Crippen LogP contribution in [0.3, 0.4) is 0 Å². The number of carbonyl (C=O) groups is 2. The van der Waals surface area contributed by atoms with E-state index >= 15 is 0 Å². The SMILES string of the molecule is CC(=O)Cl.COP(=O)(C(C)=O)c1ccccc1.COP(OC)c1ccccc1.Cl.[CH3-]. The Hall–Kier alpha value is -1.10. The van der Waals surface area contributed by atoms with Crippen molar-refractivity contribution < 1.29 is 27.7 Å². The molecule has 6 nitrogen and oxygen atoms in total. The average Bonchev–Trinajstić information content (AvgIpc) is 2.70. The second kappa shape index (κ2) is 18.7. The first-order chi connectivity index (χ1) is 13.2. The summed E-state index contributed by atoms with van der Waals surface area (Å²) in [6, 6.07) is 18.4. The molecule has 30 heavy (non-hydrogen) atoms. The molecule has 1 unspecified atom stereocenters. The number of hydrogen-bond acceptors (Lipinski definition) is 6. The molecule has 0 aliphatic heterocycles. The van der Waals surface area contributed by atoms with Crippen LogP contribution < -0.4 is 10.6 Å². The van der Waals surface area contributed by atoms with E-state index in [0.29, 0.717) is 5.30 Å². The molecule has 0 aliphatic rings. The maximum Gasteiger partial charge on any atom is 0.295 e. The summed E-state index contributed by atoms with van der Waals surface area (Å²) < 4.78 is 27.0. The number of halogens is 2. The van der Waals surface area contributed by atoms with Gasteiger partial charge in [0.2, 0.25) is 19.1 Å². The number of hydrogen-bond donors (Lipinski definition) is 0. The summed E-state index contributed by atoms with van der Waals surface area (Å²) in [5.41, 5.74) is -0.429. The van der Waals surface area contributed by atoms with E-state index in [9.17, 15) is 14.2 Å². The highest BCUT2D eigenvalue weighted by Crippen LogP contribution is 2.45. The Kier molecular flexibility index (Phi) is 20.8. The van der Waals surface area contributed by atoms with Crippen LogP contribution in [0.25, 0.3) is 0 Å². The van der Waals surface area contributed by atoms with Crippen molar-refractivity contribution in [3.63, 3.8) is 0 Å². The van der Waals surface area contributed by atoms with Crippen molar-refractivity contribution in [1.29, 1.82) is 0 Å². The quantitative estimate of drug-likeness (QED) is 0.304. The fourth-order valence-electron chi connectivity index (χ4n) is 1.88. The molecule has 0 bridgehead atoms. The minimum atomic E-state index is -3.26. The summed E-state index contributed by atoms with van der Waals surface area (Å²) in [7, 11) is 0.482. The second-order valence-corrected chi connectivity index (χ2v) is 9.92. The Balaban J connectivity index is -0.000000394. The lowest BCUT2D eigenvalue weighted by Crippen LogP contribution is -2.11. The summed E-state index contributed by atoms with van der Waals surface area (Å²) in [6.07, 6.45) is 0. The van der Waals surface area contributed by atoms with E-state index in [0.717, 1.165) is 5.30 Å². The third kappa shape index (κ3) is 12.6. The first-order valence-electron chi connectivity index (χ1n) is 8.04. The Morgan fingerprint density at radius 3 is 1.53 bits per heavy atom. The molecule has 2 aromatic carbocycles. The van der Waals surface area contributed by atoms with Crippen molar-refractivity contribution in [3.8, 4) is 0 Å². The molecule has 0 saturated heterocycles. The van der Waals surface area contributed by atoms with E-state index in [-0.39, 0.29) is 25.1 Å². The smallest absolute Gasteiger partial charge is 0.295 e. The fourth-order valence-corrected chi connectivity index (χ4v) is 4.26. The van der Waals surface area contributed by atoms with Crippen LogP contribution in [-0.4, -0.2) is 32.1 Å². The van der Waals surface area contributed by atoms with Crippen molar-refractivity contribution in [2.75, 3.05) is 21.3 Å². The summed E-state index contributed by atoms with van der Waals surface area (Å²) in [5, 5.41) is 1.19. The van der Waals surface area contributed by atoms with Crippen LogP contribution in [0.5, 0.6) is 0 Å². The monoisotopic (exact) mass is 497 g/mol. The molecule has 0 spiro atoms. The van der Waals surface area contributed by atoms with Crippen molar-refractivity contribution in [2.45, 2.75) is 13.8 Å². The first-order valence-corrected chi connectivity index (χ1v) is 11.2. The van der Waals surface area contributed by atoms with Crippen molar-refractivity contribution in [2.24, 2.45) is 0 Å². The van der Waals surface area contributed by atoms with Gasteiger partial charge in [0.25, 0.3) is 7.37 Å². The zero-order valence-corrected chi connectivity index (χ0v) is 21.3. The Bertz CT molecular complexity index is 752. The van der Waals surface area contributed by atoms with Gasteiger partial charge in [-0.25, -0.2) is 0 Å². The van der Waals surface area contributed by atoms with Gasteiger partial charge in [0, 0.05) is 45.8 Å². The van der Waals surface area contributed by atoms with Crippen LogP contribution in [0.1, 0.15) is 13.8 Å². The van der Waals surface area contributed by atoms with Crippen LogP contribution in [0.15, 0.2) is 60.7 Å². The van der Waals surface area contributed by atoms with Gasteiger partial charge in [-0.15, -0.1) is 12.4 Å². The third-order valence-corrected chi connectivity index (χ3v) is 6.77. The molecule has 0 N–H and O–H groups in total. The van der Waals surface area contributed by atoms with Gasteiger partial charge >= 0.3 is 0 Å². The second-order valence-electron chi connectivity index (χ2n) is 5.02. The molecule has 0 aliphatic carbocycles. The lowest BCUT2D eigenvalue weighted by Gasteiger charge is -2.11. The zero-order valence-electron chi connectivity index (χ0n) is 17.9. The van der Waals surface area contributed by atoms with Gasteiger partial charge in [-0.2, -0.15) is 0 Å². The maximum atomic E-state index is 11.9. The summed E-state index contributed by atoms with van der Waals surface area (Å²) >= 11 is 4.64. The van der Waals surface area contributed by atoms with E-state index in [1.54, 1.807) is 44.6 Å². The molecule has 0 amide bonds. The summed E-state index contributed by atoms with van der Waals surface area (Å²) in [6.45, 7) is 2.57. The van der Waals surface area contributed by atoms with Gasteiger partial charge in [-0.05, 0) is 35.9 Å². The maximum absolute atomic E-state index is 11.9. The molecule has 2 rings (SSSR count). The van der Waals surface area contributed by atoms with Gasteiger partial charge < -0.3 is 21.0 Å². The molecule has 0 radical (unpaired) electrons. The van der Waals surface area contributed by atoms with Gasteiger partial charge in [0.15, 0.2) is 0 Å². The molecule has 10 heteroatoms. The minimum absolute atomic E-state index is 0. The predicted octanol–water partition coefficient (Wildman–Crippen LogP) is 5.34. The van der Waals surface area contributed by atoms with Gasteiger partial charge in [0.05, 0.1) is 0 Å². The largest absolute Gasteiger partial charge is 0.358 e. The first kappa shape index (κ1) is 33.5. The standard InChI is InChI=1S/C9H11O3P.C8H11O2P.C2H3ClO.CH3.ClH/c1-8(10)13(11,12-2)9-6-4-3-5-7-9;1-9-11(10-2)8-6-4-3-5-7-8;1-2(3)4;;/h3-7H,1-2H3;3-7H,1-2H3;1H3;1H3;1H/q;;;-1;. The zero-order chi connectivity index (χ0) is 21.6. The molecular formula is C20H29Cl2O6P2-. The van der Waals surface area contributed by atoms with E-state index in [4.69, 9.17) is 13.6 Å².